The highest BCUT2D eigenvalue weighted by atomic mass is 32.1. The summed E-state index contributed by atoms with van der Waals surface area (Å²) in [5.41, 5.74) is -0.205. The number of rotatable bonds is 3. The summed E-state index contributed by atoms with van der Waals surface area (Å²) in [5, 5.41) is 8.72. The molecule has 1 N–H and O–H groups in total. The van der Waals surface area contributed by atoms with Crippen molar-refractivity contribution in [1.82, 2.24) is 24.0 Å². The highest BCUT2D eigenvalue weighted by Crippen LogP contribution is 2.68. The number of nitrogens with one attached hydrogen (secondary N) is 1. The van der Waals surface area contributed by atoms with Gasteiger partial charge in [0.15, 0.2) is 5.65 Å². The molecule has 3 aliphatic rings. The summed E-state index contributed by atoms with van der Waals surface area (Å²) in [6.07, 6.45) is -0.720. The van der Waals surface area contributed by atoms with E-state index in [1.165, 1.54) is 28.7 Å². The topological polar surface area (TPSA) is 71.2 Å². The summed E-state index contributed by atoms with van der Waals surface area (Å²) in [5.74, 6) is 2.19. The Balaban J connectivity index is 1.23. The van der Waals surface area contributed by atoms with E-state index in [9.17, 15) is 13.2 Å². The third-order valence-corrected chi connectivity index (χ3v) is 7.78. The molecular formula is C18H18F3N7S. The van der Waals surface area contributed by atoms with Crippen LogP contribution in [0.3, 0.4) is 0 Å². The van der Waals surface area contributed by atoms with Gasteiger partial charge < -0.3 is 10.2 Å². The van der Waals surface area contributed by atoms with Crippen LogP contribution in [0.4, 0.5) is 24.3 Å². The number of aromatic nitrogens is 5. The second-order valence-corrected chi connectivity index (χ2v) is 9.04. The number of nitrogens with zero attached hydrogens (tertiary/aromatic N) is 6. The Kier molecular flexibility index (Phi) is 3.36. The molecule has 1 spiro atoms. The van der Waals surface area contributed by atoms with Gasteiger partial charge in [-0.25, -0.2) is 9.50 Å². The Hall–Kier alpha value is -2.43. The highest BCUT2D eigenvalue weighted by Gasteiger charge is 2.70. The van der Waals surface area contributed by atoms with Crippen molar-refractivity contribution in [3.8, 4) is 0 Å². The molecule has 29 heavy (non-hydrogen) atoms. The summed E-state index contributed by atoms with van der Waals surface area (Å²) < 4.78 is 44.5. The smallest absolute Gasteiger partial charge is 0.350 e. The van der Waals surface area contributed by atoms with Gasteiger partial charge in [-0.1, -0.05) is 0 Å². The molecule has 0 bridgehead atoms. The van der Waals surface area contributed by atoms with Crippen LogP contribution in [0.15, 0.2) is 18.3 Å². The number of pyridine rings is 1. The lowest BCUT2D eigenvalue weighted by Crippen LogP contribution is -2.68. The van der Waals surface area contributed by atoms with E-state index in [4.69, 9.17) is 0 Å². The lowest BCUT2D eigenvalue weighted by atomic mass is 9.41. The molecule has 6 rings (SSSR count). The zero-order valence-electron chi connectivity index (χ0n) is 15.5. The van der Waals surface area contributed by atoms with Crippen molar-refractivity contribution < 1.29 is 13.2 Å². The molecule has 3 aromatic heterocycles. The van der Waals surface area contributed by atoms with Gasteiger partial charge in [-0.2, -0.15) is 22.5 Å². The van der Waals surface area contributed by atoms with Gasteiger partial charge in [-0.15, -0.1) is 5.10 Å². The van der Waals surface area contributed by atoms with E-state index >= 15 is 0 Å². The zero-order chi connectivity index (χ0) is 20.0. The first kappa shape index (κ1) is 17.4. The van der Waals surface area contributed by atoms with Gasteiger partial charge in [0.25, 0.3) is 0 Å². The van der Waals surface area contributed by atoms with Crippen molar-refractivity contribution in [2.24, 2.45) is 17.3 Å². The van der Waals surface area contributed by atoms with Gasteiger partial charge in [0.2, 0.25) is 11.1 Å². The number of hydrogen-bond donors (Lipinski definition) is 1. The van der Waals surface area contributed by atoms with Gasteiger partial charge in [0.05, 0.1) is 5.56 Å². The molecule has 0 amide bonds. The first-order valence-corrected chi connectivity index (χ1v) is 10.4. The monoisotopic (exact) mass is 421 g/mol. The number of halogens is 3. The molecule has 3 fully saturated rings. The molecule has 2 unspecified atom stereocenters. The fraction of sp³-hybridized carbons (Fsp3) is 0.556. The van der Waals surface area contributed by atoms with Crippen LogP contribution in [0.25, 0.3) is 5.65 Å². The average Bonchev–Trinajstić information content (AvgIpc) is 3.34. The van der Waals surface area contributed by atoms with Crippen molar-refractivity contribution in [3.63, 3.8) is 0 Å². The minimum absolute atomic E-state index is 0.193. The lowest BCUT2D eigenvalue weighted by Gasteiger charge is -2.65. The Morgan fingerprint density at radius 3 is 2.83 bits per heavy atom. The summed E-state index contributed by atoms with van der Waals surface area (Å²) >= 11 is 1.44. The van der Waals surface area contributed by atoms with Crippen molar-refractivity contribution in [3.05, 3.63) is 29.7 Å². The van der Waals surface area contributed by atoms with Crippen LogP contribution in [-0.2, 0) is 6.18 Å². The highest BCUT2D eigenvalue weighted by molar-refractivity contribution is 7.09. The Morgan fingerprint density at radius 2 is 2.14 bits per heavy atom. The summed E-state index contributed by atoms with van der Waals surface area (Å²) in [4.78, 5) is 11.1. The predicted molar refractivity (Wildman–Crippen MR) is 101 cm³/mol. The maximum absolute atomic E-state index is 12.9. The second kappa shape index (κ2) is 5.59. The third kappa shape index (κ3) is 2.42. The molecule has 2 aliphatic carbocycles. The molecular weight excluding hydrogens is 403 g/mol. The fourth-order valence-electron chi connectivity index (χ4n) is 5.49. The van der Waals surface area contributed by atoms with Crippen LogP contribution in [-0.4, -0.2) is 43.1 Å². The molecule has 2 saturated carbocycles. The lowest BCUT2D eigenvalue weighted by molar-refractivity contribution is -0.137. The van der Waals surface area contributed by atoms with Crippen LogP contribution in [0, 0.1) is 24.2 Å². The number of aryl methyl sites for hydroxylation is 1. The van der Waals surface area contributed by atoms with Crippen LogP contribution < -0.4 is 10.2 Å². The molecule has 7 nitrogen and oxygen atoms in total. The number of anilines is 2. The van der Waals surface area contributed by atoms with E-state index in [2.05, 4.69) is 29.7 Å². The number of fused-ring (bicyclic) bond motifs is 1. The summed E-state index contributed by atoms with van der Waals surface area (Å²) in [6.45, 7) is 3.82. The largest absolute Gasteiger partial charge is 0.416 e. The van der Waals surface area contributed by atoms with Gasteiger partial charge in [0, 0.05) is 42.8 Å². The van der Waals surface area contributed by atoms with E-state index in [0.29, 0.717) is 23.2 Å². The number of hydrogen-bond acceptors (Lipinski definition) is 7. The molecule has 4 atom stereocenters. The molecule has 0 radical (unpaired) electrons. The molecule has 1 saturated heterocycles. The Bertz CT molecular complexity index is 1110. The fourth-order valence-corrected chi connectivity index (χ4v) is 6.18. The van der Waals surface area contributed by atoms with Crippen molar-refractivity contribution >= 4 is 28.3 Å². The molecule has 3 aromatic rings. The molecule has 0 aromatic carbocycles. The van der Waals surface area contributed by atoms with Gasteiger partial charge in [0.1, 0.15) is 5.82 Å². The number of alkyl halides is 3. The van der Waals surface area contributed by atoms with Gasteiger partial charge in [-0.05, 0) is 43.2 Å². The first-order valence-electron chi connectivity index (χ1n) is 9.59. The minimum atomic E-state index is -4.39. The summed E-state index contributed by atoms with van der Waals surface area (Å²) in [6, 6.07) is 2.29. The van der Waals surface area contributed by atoms with Crippen LogP contribution >= 0.6 is 11.5 Å². The van der Waals surface area contributed by atoms with Crippen LogP contribution in [0.5, 0.6) is 0 Å². The standard InChI is InChI=1S/C18H18F3N7S/c1-9-22-16(29-26-9)27-7-12-14(11-2-4-17(11,12)8-27)24-15-23-13-6-10(18(19,20)21)3-5-28(13)25-15/h3,5-6,11-12,14H,2,4,7-8H2,1H3,(H,24,25)/t11-,12-,14?,17?/m1/s1. The van der Waals surface area contributed by atoms with Crippen molar-refractivity contribution in [1.29, 1.82) is 0 Å². The molecule has 4 heterocycles. The quantitative estimate of drug-likeness (QED) is 0.700. The van der Waals surface area contributed by atoms with Gasteiger partial charge >= 0.3 is 6.18 Å². The maximum atomic E-state index is 12.9. The second-order valence-electron chi connectivity index (χ2n) is 8.31. The minimum Gasteiger partial charge on any atom is -0.350 e. The maximum Gasteiger partial charge on any atom is 0.416 e. The van der Waals surface area contributed by atoms with Crippen molar-refractivity contribution in [2.45, 2.75) is 32.0 Å². The van der Waals surface area contributed by atoms with Crippen LogP contribution in [0.1, 0.15) is 24.2 Å². The van der Waals surface area contributed by atoms with E-state index in [1.807, 2.05) is 6.92 Å². The van der Waals surface area contributed by atoms with Gasteiger partial charge in [-0.3, -0.25) is 0 Å². The average molecular weight is 421 g/mol. The first-order chi connectivity index (χ1) is 13.8. The molecule has 152 valence electrons. The molecule has 1 aliphatic heterocycles. The normalized spacial score (nSPS) is 30.6. The SMILES string of the molecule is Cc1nsc(N2C[C@@H]3C(Nc4nc5cc(C(F)(F)F)ccn5n4)[C@H]4CCC43C2)n1. The van der Waals surface area contributed by atoms with Crippen molar-refractivity contribution in [2.75, 3.05) is 23.3 Å². The zero-order valence-corrected chi connectivity index (χ0v) is 16.3. The van der Waals surface area contributed by atoms with E-state index in [0.717, 1.165) is 42.6 Å². The van der Waals surface area contributed by atoms with E-state index < -0.39 is 11.7 Å². The van der Waals surface area contributed by atoms with E-state index in [1.54, 1.807) is 0 Å². The predicted octanol–water partition coefficient (Wildman–Crippen LogP) is 3.23. The Labute approximate surface area is 168 Å². The Morgan fingerprint density at radius 1 is 1.28 bits per heavy atom. The van der Waals surface area contributed by atoms with E-state index in [-0.39, 0.29) is 11.7 Å². The molecule has 11 heteroatoms. The summed E-state index contributed by atoms with van der Waals surface area (Å²) in [7, 11) is 0. The third-order valence-electron chi connectivity index (χ3n) is 6.92. The van der Waals surface area contributed by atoms with Crippen LogP contribution in [0.2, 0.25) is 0 Å².